The first-order valence-corrected chi connectivity index (χ1v) is 7.76. The maximum Gasteiger partial charge on any atom is 0.326 e. The van der Waals surface area contributed by atoms with Crippen molar-refractivity contribution in [2.24, 2.45) is 7.05 Å². The van der Waals surface area contributed by atoms with Gasteiger partial charge in [-0.25, -0.2) is 4.68 Å². The Kier molecular flexibility index (Phi) is 3.68. The minimum absolute atomic E-state index is 0.136. The van der Waals surface area contributed by atoms with E-state index >= 15 is 0 Å². The molecule has 2 aliphatic carbocycles. The van der Waals surface area contributed by atoms with E-state index in [1.54, 1.807) is 16.4 Å². The van der Waals surface area contributed by atoms with Gasteiger partial charge in [0.05, 0.1) is 7.11 Å². The van der Waals surface area contributed by atoms with Crippen LogP contribution in [-0.4, -0.2) is 50.1 Å². The number of thioether (sulfide) groups is 1. The Bertz CT molecular complexity index is 504. The topological polar surface area (TPSA) is 81.9 Å². The Morgan fingerprint density at radius 2 is 2.30 bits per heavy atom. The normalized spacial score (nSPS) is 29.6. The lowest BCUT2D eigenvalue weighted by atomic mass is 9.97. The fourth-order valence-corrected chi connectivity index (χ4v) is 3.93. The van der Waals surface area contributed by atoms with Crippen LogP contribution in [0.5, 0.6) is 0 Å². The SMILES string of the molecule is COC(=O)C1(NC2CC2)CCC(Sc2nnnn2C)C1. The molecular weight excluding hydrogens is 278 g/mol. The molecule has 8 heteroatoms. The van der Waals surface area contributed by atoms with Crippen molar-refractivity contribution in [2.45, 2.75) is 54.1 Å². The number of aryl methyl sites for hydroxylation is 1. The number of carbonyl (C=O) groups excluding carboxylic acids is 1. The summed E-state index contributed by atoms with van der Waals surface area (Å²) >= 11 is 1.64. The van der Waals surface area contributed by atoms with E-state index in [4.69, 9.17) is 4.74 Å². The molecule has 2 aliphatic rings. The molecule has 20 heavy (non-hydrogen) atoms. The zero-order valence-corrected chi connectivity index (χ0v) is 12.5. The number of methoxy groups -OCH3 is 1. The molecule has 0 radical (unpaired) electrons. The quantitative estimate of drug-likeness (QED) is 0.793. The minimum atomic E-state index is -0.514. The molecule has 0 spiro atoms. The van der Waals surface area contributed by atoms with E-state index in [0.717, 1.165) is 37.3 Å². The van der Waals surface area contributed by atoms with Crippen molar-refractivity contribution in [3.8, 4) is 0 Å². The van der Waals surface area contributed by atoms with Gasteiger partial charge in [0.15, 0.2) is 0 Å². The number of esters is 1. The first kappa shape index (κ1) is 13.8. The van der Waals surface area contributed by atoms with Crippen molar-refractivity contribution >= 4 is 17.7 Å². The van der Waals surface area contributed by atoms with Gasteiger partial charge >= 0.3 is 5.97 Å². The van der Waals surface area contributed by atoms with Crippen molar-refractivity contribution in [1.82, 2.24) is 25.5 Å². The summed E-state index contributed by atoms with van der Waals surface area (Å²) in [5.41, 5.74) is -0.514. The van der Waals surface area contributed by atoms with Crippen LogP contribution in [0.2, 0.25) is 0 Å². The highest BCUT2D eigenvalue weighted by Crippen LogP contribution is 2.41. The summed E-state index contributed by atoms with van der Waals surface area (Å²) in [6.07, 6.45) is 4.87. The van der Waals surface area contributed by atoms with Crippen molar-refractivity contribution in [3.05, 3.63) is 0 Å². The standard InChI is InChI=1S/C12H19N5O2S/c1-17-11(14-15-16-17)20-9-5-6-12(7-9,10(18)19-2)13-8-3-4-8/h8-9,13H,3-7H2,1-2H3. The summed E-state index contributed by atoms with van der Waals surface area (Å²) in [6, 6.07) is 0.481. The lowest BCUT2D eigenvalue weighted by Crippen LogP contribution is -2.52. The lowest BCUT2D eigenvalue weighted by Gasteiger charge is -2.27. The molecule has 0 aliphatic heterocycles. The fourth-order valence-electron chi connectivity index (χ4n) is 2.76. The molecule has 7 nitrogen and oxygen atoms in total. The van der Waals surface area contributed by atoms with Gasteiger partial charge in [0.25, 0.3) is 0 Å². The van der Waals surface area contributed by atoms with Gasteiger partial charge in [0.1, 0.15) is 5.54 Å². The third-order valence-corrected chi connectivity index (χ3v) is 5.25. The molecule has 2 unspecified atom stereocenters. The van der Waals surface area contributed by atoms with Crippen LogP contribution in [0.15, 0.2) is 5.16 Å². The maximum atomic E-state index is 12.2. The number of rotatable bonds is 5. The van der Waals surface area contributed by atoms with Crippen molar-refractivity contribution < 1.29 is 9.53 Å². The van der Waals surface area contributed by atoms with E-state index in [9.17, 15) is 4.79 Å². The Labute approximate surface area is 121 Å². The van der Waals surface area contributed by atoms with Crippen LogP contribution < -0.4 is 5.32 Å². The van der Waals surface area contributed by atoms with Crippen LogP contribution in [0.1, 0.15) is 32.1 Å². The molecule has 1 aromatic heterocycles. The van der Waals surface area contributed by atoms with Gasteiger partial charge < -0.3 is 4.74 Å². The zero-order chi connectivity index (χ0) is 14.2. The van der Waals surface area contributed by atoms with Gasteiger partial charge in [-0.2, -0.15) is 0 Å². The van der Waals surface area contributed by atoms with Gasteiger partial charge in [-0.15, -0.1) is 5.10 Å². The molecular formula is C12H19N5O2S. The minimum Gasteiger partial charge on any atom is -0.468 e. The molecule has 0 aromatic carbocycles. The zero-order valence-electron chi connectivity index (χ0n) is 11.7. The predicted molar refractivity (Wildman–Crippen MR) is 73.2 cm³/mol. The van der Waals surface area contributed by atoms with Gasteiger partial charge in [-0.05, 0) is 42.5 Å². The number of hydrogen-bond acceptors (Lipinski definition) is 7. The number of tetrazole rings is 1. The molecule has 1 heterocycles. The molecule has 0 bridgehead atoms. The summed E-state index contributed by atoms with van der Waals surface area (Å²) in [5.74, 6) is -0.136. The van der Waals surface area contributed by atoms with E-state index in [2.05, 4.69) is 20.8 Å². The molecule has 2 saturated carbocycles. The van der Waals surface area contributed by atoms with E-state index in [0.29, 0.717) is 11.3 Å². The molecule has 0 amide bonds. The molecule has 3 rings (SSSR count). The number of ether oxygens (including phenoxy) is 1. The van der Waals surface area contributed by atoms with Crippen LogP contribution in [-0.2, 0) is 16.6 Å². The Morgan fingerprint density at radius 3 is 2.90 bits per heavy atom. The second kappa shape index (κ2) is 5.33. The lowest BCUT2D eigenvalue weighted by molar-refractivity contribution is -0.148. The fraction of sp³-hybridized carbons (Fsp3) is 0.833. The highest BCUT2D eigenvalue weighted by Gasteiger charge is 2.49. The van der Waals surface area contributed by atoms with Crippen LogP contribution in [0, 0.1) is 0 Å². The third-order valence-electron chi connectivity index (χ3n) is 3.96. The largest absolute Gasteiger partial charge is 0.468 e. The van der Waals surface area contributed by atoms with E-state index in [-0.39, 0.29) is 5.97 Å². The Hall–Kier alpha value is -1.15. The van der Waals surface area contributed by atoms with Crippen molar-refractivity contribution in [3.63, 3.8) is 0 Å². The average Bonchev–Trinajstić information content (AvgIpc) is 3.02. The van der Waals surface area contributed by atoms with Gasteiger partial charge in [0.2, 0.25) is 5.16 Å². The van der Waals surface area contributed by atoms with E-state index < -0.39 is 5.54 Å². The maximum absolute atomic E-state index is 12.2. The summed E-state index contributed by atoms with van der Waals surface area (Å²) in [4.78, 5) is 12.2. The molecule has 1 N–H and O–H groups in total. The number of hydrogen-bond donors (Lipinski definition) is 1. The highest BCUT2D eigenvalue weighted by molar-refractivity contribution is 7.99. The van der Waals surface area contributed by atoms with Crippen molar-refractivity contribution in [2.75, 3.05) is 7.11 Å². The Balaban J connectivity index is 1.68. The summed E-state index contributed by atoms with van der Waals surface area (Å²) in [7, 11) is 3.29. The first-order valence-electron chi connectivity index (χ1n) is 6.88. The molecule has 110 valence electrons. The Morgan fingerprint density at radius 1 is 1.50 bits per heavy atom. The van der Waals surface area contributed by atoms with Crippen LogP contribution in [0.3, 0.4) is 0 Å². The van der Waals surface area contributed by atoms with Crippen LogP contribution >= 0.6 is 11.8 Å². The number of nitrogens with zero attached hydrogens (tertiary/aromatic N) is 4. The van der Waals surface area contributed by atoms with Crippen LogP contribution in [0.4, 0.5) is 0 Å². The molecule has 2 fully saturated rings. The van der Waals surface area contributed by atoms with Crippen molar-refractivity contribution in [1.29, 1.82) is 0 Å². The molecule has 0 saturated heterocycles. The van der Waals surface area contributed by atoms with Gasteiger partial charge in [-0.3, -0.25) is 10.1 Å². The average molecular weight is 297 g/mol. The van der Waals surface area contributed by atoms with E-state index in [1.165, 1.54) is 7.11 Å². The first-order chi connectivity index (χ1) is 9.63. The van der Waals surface area contributed by atoms with Gasteiger partial charge in [0, 0.05) is 18.3 Å². The van der Waals surface area contributed by atoms with Crippen LogP contribution in [0.25, 0.3) is 0 Å². The molecule has 1 aromatic rings. The second-order valence-electron chi connectivity index (χ2n) is 5.56. The molecule has 2 atom stereocenters. The van der Waals surface area contributed by atoms with Gasteiger partial charge in [-0.1, -0.05) is 11.8 Å². The third kappa shape index (κ3) is 2.67. The smallest absolute Gasteiger partial charge is 0.326 e. The summed E-state index contributed by atoms with van der Waals surface area (Å²) in [6.45, 7) is 0. The summed E-state index contributed by atoms with van der Waals surface area (Å²) in [5, 5.41) is 16.1. The monoisotopic (exact) mass is 297 g/mol. The summed E-state index contributed by atoms with van der Waals surface area (Å²) < 4.78 is 6.68. The second-order valence-corrected chi connectivity index (χ2v) is 6.83. The number of carbonyl (C=O) groups is 1. The number of nitrogens with one attached hydrogen (secondary N) is 1. The highest BCUT2D eigenvalue weighted by atomic mass is 32.2. The van der Waals surface area contributed by atoms with E-state index in [1.807, 2.05) is 7.05 Å². The number of aromatic nitrogens is 4. The predicted octanol–water partition coefficient (Wildman–Crippen LogP) is 0.518.